The first-order chi connectivity index (χ1) is 10.6. The van der Waals surface area contributed by atoms with Crippen LogP contribution in [0.25, 0.3) is 10.2 Å². The van der Waals surface area contributed by atoms with Crippen molar-refractivity contribution in [2.75, 3.05) is 0 Å². The molecular weight excluding hydrogens is 316 g/mol. The summed E-state index contributed by atoms with van der Waals surface area (Å²) in [6.07, 6.45) is 5.87. The molecule has 22 heavy (non-hydrogen) atoms. The standard InChI is InChI=1S/C16H18N2O2S2/c1-8-3-4-10-11(5-8)21-14-13(10)15(18-7-17-14)22-12-6-9(2)20-16(12)19/h7-9,12H,3-6H2,1-2H3. The molecule has 3 heterocycles. The maximum absolute atomic E-state index is 11.9. The van der Waals surface area contributed by atoms with E-state index in [0.717, 1.165) is 35.0 Å². The van der Waals surface area contributed by atoms with Gasteiger partial charge in [-0.1, -0.05) is 18.7 Å². The Morgan fingerprint density at radius 2 is 2.23 bits per heavy atom. The van der Waals surface area contributed by atoms with Gasteiger partial charge in [0.05, 0.1) is 0 Å². The van der Waals surface area contributed by atoms with Crippen molar-refractivity contribution in [1.82, 2.24) is 9.97 Å². The van der Waals surface area contributed by atoms with Gasteiger partial charge in [0, 0.05) is 16.7 Å². The van der Waals surface area contributed by atoms with E-state index in [1.165, 1.54) is 22.2 Å². The van der Waals surface area contributed by atoms with Crippen molar-refractivity contribution in [1.29, 1.82) is 0 Å². The van der Waals surface area contributed by atoms with Crippen molar-refractivity contribution in [3.63, 3.8) is 0 Å². The molecule has 0 spiro atoms. The third kappa shape index (κ3) is 2.42. The van der Waals surface area contributed by atoms with Crippen LogP contribution in [0.2, 0.25) is 0 Å². The van der Waals surface area contributed by atoms with Gasteiger partial charge >= 0.3 is 5.97 Å². The zero-order valence-corrected chi connectivity index (χ0v) is 14.3. The van der Waals surface area contributed by atoms with Crippen LogP contribution in [0.3, 0.4) is 0 Å². The number of thiophene rings is 1. The van der Waals surface area contributed by atoms with Gasteiger partial charge in [0.15, 0.2) is 0 Å². The molecule has 0 bridgehead atoms. The fourth-order valence-electron chi connectivity index (χ4n) is 3.29. The number of cyclic esters (lactones) is 1. The maximum Gasteiger partial charge on any atom is 0.319 e. The molecule has 0 N–H and O–H groups in total. The molecule has 0 saturated carbocycles. The maximum atomic E-state index is 11.9. The van der Waals surface area contributed by atoms with E-state index in [1.54, 1.807) is 29.4 Å². The van der Waals surface area contributed by atoms with Crippen LogP contribution in [-0.2, 0) is 22.4 Å². The van der Waals surface area contributed by atoms with Crippen molar-refractivity contribution in [3.05, 3.63) is 16.8 Å². The highest BCUT2D eigenvalue weighted by atomic mass is 32.2. The largest absolute Gasteiger partial charge is 0.462 e. The van der Waals surface area contributed by atoms with Crippen LogP contribution in [-0.4, -0.2) is 27.3 Å². The van der Waals surface area contributed by atoms with Gasteiger partial charge in [-0.3, -0.25) is 4.79 Å². The first-order valence-corrected chi connectivity index (χ1v) is 9.44. The van der Waals surface area contributed by atoms with Crippen LogP contribution in [0.15, 0.2) is 11.4 Å². The number of fused-ring (bicyclic) bond motifs is 3. The minimum Gasteiger partial charge on any atom is -0.462 e. The molecule has 3 atom stereocenters. The van der Waals surface area contributed by atoms with E-state index < -0.39 is 0 Å². The number of aryl methyl sites for hydroxylation is 1. The molecule has 0 aromatic carbocycles. The number of hydrogen-bond acceptors (Lipinski definition) is 6. The van der Waals surface area contributed by atoms with Crippen molar-refractivity contribution in [3.8, 4) is 0 Å². The first-order valence-electron chi connectivity index (χ1n) is 7.74. The van der Waals surface area contributed by atoms with E-state index in [2.05, 4.69) is 16.9 Å². The Hall–Kier alpha value is -1.14. The number of carbonyl (C=O) groups excluding carboxylic acids is 1. The van der Waals surface area contributed by atoms with E-state index in [9.17, 15) is 4.79 Å². The smallest absolute Gasteiger partial charge is 0.319 e. The second-order valence-electron chi connectivity index (χ2n) is 6.30. The average molecular weight is 334 g/mol. The van der Waals surface area contributed by atoms with Crippen LogP contribution < -0.4 is 0 Å². The molecule has 0 amide bonds. The second kappa shape index (κ2) is 5.49. The molecule has 1 aliphatic heterocycles. The Morgan fingerprint density at radius 1 is 1.36 bits per heavy atom. The van der Waals surface area contributed by atoms with Crippen LogP contribution in [0.4, 0.5) is 0 Å². The Labute approximate surface area is 137 Å². The third-order valence-corrected chi connectivity index (χ3v) is 6.80. The molecule has 2 aromatic rings. The van der Waals surface area contributed by atoms with Gasteiger partial charge in [-0.15, -0.1) is 11.3 Å². The van der Waals surface area contributed by atoms with Gasteiger partial charge in [-0.2, -0.15) is 0 Å². The van der Waals surface area contributed by atoms with Gasteiger partial charge in [0.2, 0.25) is 0 Å². The Kier molecular flexibility index (Phi) is 3.61. The molecule has 2 aliphatic rings. The molecule has 1 fully saturated rings. The normalized spacial score (nSPS) is 27.9. The summed E-state index contributed by atoms with van der Waals surface area (Å²) in [5.74, 6) is 0.636. The zero-order chi connectivity index (χ0) is 15.3. The highest BCUT2D eigenvalue weighted by Crippen LogP contribution is 2.42. The minimum absolute atomic E-state index is 0.0135. The lowest BCUT2D eigenvalue weighted by molar-refractivity contribution is -0.140. The van der Waals surface area contributed by atoms with Crippen LogP contribution in [0.1, 0.15) is 37.1 Å². The first kappa shape index (κ1) is 14.5. The Bertz CT molecular complexity index is 743. The number of hydrogen-bond donors (Lipinski definition) is 0. The molecule has 1 saturated heterocycles. The number of ether oxygens (including phenoxy) is 1. The number of nitrogens with zero attached hydrogens (tertiary/aromatic N) is 2. The van der Waals surface area contributed by atoms with Gasteiger partial charge in [-0.05, 0) is 37.7 Å². The Morgan fingerprint density at radius 3 is 3.00 bits per heavy atom. The van der Waals surface area contributed by atoms with Crippen molar-refractivity contribution in [2.45, 2.75) is 55.9 Å². The minimum atomic E-state index is -0.133. The third-order valence-electron chi connectivity index (χ3n) is 4.44. The lowest BCUT2D eigenvalue weighted by Gasteiger charge is -2.18. The lowest BCUT2D eigenvalue weighted by Crippen LogP contribution is -2.11. The van der Waals surface area contributed by atoms with Gasteiger partial charge in [-0.25, -0.2) is 9.97 Å². The molecule has 2 aromatic heterocycles. The van der Waals surface area contributed by atoms with E-state index in [0.29, 0.717) is 0 Å². The van der Waals surface area contributed by atoms with Crippen LogP contribution in [0.5, 0.6) is 0 Å². The molecule has 1 aliphatic carbocycles. The molecule has 0 radical (unpaired) electrons. The summed E-state index contributed by atoms with van der Waals surface area (Å²) < 4.78 is 5.27. The van der Waals surface area contributed by atoms with E-state index in [4.69, 9.17) is 4.74 Å². The summed E-state index contributed by atoms with van der Waals surface area (Å²) in [4.78, 5) is 23.4. The lowest BCUT2D eigenvalue weighted by atomic mass is 9.89. The monoisotopic (exact) mass is 334 g/mol. The highest BCUT2D eigenvalue weighted by Gasteiger charge is 2.34. The van der Waals surface area contributed by atoms with Crippen molar-refractivity contribution in [2.24, 2.45) is 5.92 Å². The molecule has 116 valence electrons. The highest BCUT2D eigenvalue weighted by molar-refractivity contribution is 8.00. The molecule has 6 heteroatoms. The Balaban J connectivity index is 1.73. The average Bonchev–Trinajstić information content (AvgIpc) is 2.98. The van der Waals surface area contributed by atoms with Crippen molar-refractivity contribution < 1.29 is 9.53 Å². The number of rotatable bonds is 2. The molecular formula is C16H18N2O2S2. The van der Waals surface area contributed by atoms with E-state index in [-0.39, 0.29) is 17.3 Å². The topological polar surface area (TPSA) is 52.1 Å². The fraction of sp³-hybridized carbons (Fsp3) is 0.562. The summed E-state index contributed by atoms with van der Waals surface area (Å²) in [5.41, 5.74) is 1.42. The van der Waals surface area contributed by atoms with Gasteiger partial charge in [0.25, 0.3) is 0 Å². The van der Waals surface area contributed by atoms with E-state index >= 15 is 0 Å². The summed E-state index contributed by atoms with van der Waals surface area (Å²) in [5, 5.41) is 2.01. The van der Waals surface area contributed by atoms with Gasteiger partial charge < -0.3 is 4.74 Å². The number of carbonyl (C=O) groups is 1. The fourth-order valence-corrected chi connectivity index (χ4v) is 5.94. The molecule has 4 nitrogen and oxygen atoms in total. The van der Waals surface area contributed by atoms with E-state index in [1.807, 2.05) is 6.92 Å². The molecule has 4 rings (SSSR count). The van der Waals surface area contributed by atoms with Crippen LogP contribution in [0, 0.1) is 5.92 Å². The molecule has 3 unspecified atom stereocenters. The second-order valence-corrected chi connectivity index (χ2v) is 8.58. The predicted octanol–water partition coefficient (Wildman–Crippen LogP) is 3.61. The van der Waals surface area contributed by atoms with Crippen LogP contribution >= 0.6 is 23.1 Å². The number of esters is 1. The number of thioether (sulfide) groups is 1. The van der Waals surface area contributed by atoms with Crippen molar-refractivity contribution >= 4 is 39.3 Å². The SMILES string of the molecule is CC1CCc2c(sc3ncnc(SC4CC(C)OC4=O)c23)C1. The summed E-state index contributed by atoms with van der Waals surface area (Å²) in [7, 11) is 0. The zero-order valence-electron chi connectivity index (χ0n) is 12.7. The quantitative estimate of drug-likeness (QED) is 0.620. The summed E-state index contributed by atoms with van der Waals surface area (Å²) >= 11 is 3.35. The van der Waals surface area contributed by atoms with Gasteiger partial charge in [0.1, 0.15) is 27.5 Å². The number of aromatic nitrogens is 2. The predicted molar refractivity (Wildman–Crippen MR) is 88.4 cm³/mol. The summed E-state index contributed by atoms with van der Waals surface area (Å²) in [6, 6.07) is 0. The summed E-state index contributed by atoms with van der Waals surface area (Å²) in [6.45, 7) is 4.26.